The second kappa shape index (κ2) is 8.62. The molecule has 0 aliphatic carbocycles. The van der Waals surface area contributed by atoms with Crippen LogP contribution >= 0.6 is 0 Å². The third-order valence-electron chi connectivity index (χ3n) is 5.78. The normalized spacial score (nSPS) is 12.5. The summed E-state index contributed by atoms with van der Waals surface area (Å²) in [5, 5.41) is 12.1. The molecular weight excluding hydrogens is 421 g/mol. The van der Waals surface area contributed by atoms with Crippen LogP contribution in [0.25, 0.3) is 22.0 Å². The van der Waals surface area contributed by atoms with E-state index in [1.807, 2.05) is 35.2 Å². The summed E-state index contributed by atoms with van der Waals surface area (Å²) in [7, 11) is 0. The zero-order valence-corrected chi connectivity index (χ0v) is 19.7. The molecule has 0 radical (unpaired) electrons. The Morgan fingerprint density at radius 3 is 2.50 bits per heavy atom. The number of pyridine rings is 1. The van der Waals surface area contributed by atoms with Crippen LogP contribution in [0, 0.1) is 18.6 Å². The number of fused-ring (bicyclic) bond motifs is 2. The first-order chi connectivity index (χ1) is 14.9. The van der Waals surface area contributed by atoms with Crippen molar-refractivity contribution in [3.8, 4) is 11.1 Å². The van der Waals surface area contributed by atoms with E-state index in [-0.39, 0.29) is 46.3 Å². The van der Waals surface area contributed by atoms with Crippen molar-refractivity contribution in [2.75, 3.05) is 11.4 Å². The predicted octanol–water partition coefficient (Wildman–Crippen LogP) is 1.55. The number of aromatic carboxylic acids is 1. The topological polar surface area (TPSA) is 56.3 Å². The van der Waals surface area contributed by atoms with Gasteiger partial charge in [0.25, 0.3) is 0 Å². The maximum absolute atomic E-state index is 14.6. The van der Waals surface area contributed by atoms with Gasteiger partial charge in [-0.05, 0) is 60.4 Å². The molecule has 3 aromatic carbocycles. The summed E-state index contributed by atoms with van der Waals surface area (Å²) in [6.45, 7) is 2.14. The van der Waals surface area contributed by atoms with Crippen LogP contribution in [-0.4, -0.2) is 17.5 Å². The van der Waals surface area contributed by atoms with Crippen molar-refractivity contribution in [2.45, 2.75) is 13.3 Å². The van der Waals surface area contributed by atoms with E-state index in [4.69, 9.17) is 0 Å². The first-order valence-electron chi connectivity index (χ1n) is 9.90. The number of hydrogen-bond donors (Lipinski definition) is 0. The van der Waals surface area contributed by atoms with Crippen molar-refractivity contribution in [1.29, 1.82) is 0 Å². The van der Waals surface area contributed by atoms with Gasteiger partial charge in [0.2, 0.25) is 0 Å². The maximum Gasteiger partial charge on any atom is 1.00 e. The number of carboxylic acids is 1. The van der Waals surface area contributed by atoms with Gasteiger partial charge in [-0.3, -0.25) is 0 Å². The van der Waals surface area contributed by atoms with Gasteiger partial charge in [0.05, 0.1) is 11.5 Å². The number of hydrogen-bond acceptors (Lipinski definition) is 4. The van der Waals surface area contributed by atoms with Crippen molar-refractivity contribution in [3.63, 3.8) is 0 Å². The Hall–Kier alpha value is -2.80. The number of nitrogens with zero attached hydrogens (tertiary/aromatic N) is 2. The molecule has 0 amide bonds. The summed E-state index contributed by atoms with van der Waals surface area (Å²) >= 11 is 0. The van der Waals surface area contributed by atoms with Crippen LogP contribution in [0.5, 0.6) is 0 Å². The van der Waals surface area contributed by atoms with Gasteiger partial charge in [-0.1, -0.05) is 30.3 Å². The fraction of sp³-hybridized carbons (Fsp3) is 0.120. The van der Waals surface area contributed by atoms with Crippen LogP contribution in [0.4, 0.5) is 20.3 Å². The molecule has 0 saturated heterocycles. The quantitative estimate of drug-likeness (QED) is 0.456. The molecule has 7 heteroatoms. The van der Waals surface area contributed by atoms with Gasteiger partial charge in [0.1, 0.15) is 17.5 Å². The number of carbonyl (C=O) groups is 1. The van der Waals surface area contributed by atoms with Gasteiger partial charge in [-0.2, -0.15) is 0 Å². The fourth-order valence-electron chi connectivity index (χ4n) is 4.41. The van der Waals surface area contributed by atoms with Crippen LogP contribution < -0.4 is 39.6 Å². The van der Waals surface area contributed by atoms with Crippen LogP contribution in [0.1, 0.15) is 21.5 Å². The van der Waals surface area contributed by atoms with Crippen molar-refractivity contribution < 1.29 is 48.2 Å². The Labute approximate surface area is 205 Å². The molecule has 5 rings (SSSR count). The number of carbonyl (C=O) groups excluding carboxylic acids is 1. The van der Waals surface area contributed by atoms with E-state index < -0.39 is 11.8 Å². The van der Waals surface area contributed by atoms with Crippen LogP contribution in [0.2, 0.25) is 0 Å². The molecule has 0 saturated carbocycles. The third kappa shape index (κ3) is 3.68. The van der Waals surface area contributed by atoms with Gasteiger partial charge >= 0.3 is 29.6 Å². The Morgan fingerprint density at radius 1 is 1.03 bits per heavy atom. The molecule has 154 valence electrons. The van der Waals surface area contributed by atoms with E-state index in [2.05, 4.69) is 4.98 Å². The summed E-state index contributed by atoms with van der Waals surface area (Å²) in [6, 6.07) is 16.4. The van der Waals surface area contributed by atoms with Gasteiger partial charge < -0.3 is 14.8 Å². The summed E-state index contributed by atoms with van der Waals surface area (Å²) in [4.78, 5) is 18.4. The Bertz CT molecular complexity index is 1360. The summed E-state index contributed by atoms with van der Waals surface area (Å²) in [5.41, 5.74) is 3.94. The second-order valence-electron chi connectivity index (χ2n) is 7.60. The minimum atomic E-state index is -1.40. The van der Waals surface area contributed by atoms with Crippen LogP contribution in [0.3, 0.4) is 0 Å². The average molecular weight is 438 g/mol. The van der Waals surface area contributed by atoms with Crippen molar-refractivity contribution in [3.05, 3.63) is 89.0 Å². The van der Waals surface area contributed by atoms with Gasteiger partial charge in [-0.25, -0.2) is 13.8 Å². The van der Waals surface area contributed by atoms with Gasteiger partial charge in [0.15, 0.2) is 0 Å². The van der Waals surface area contributed by atoms with Crippen LogP contribution in [0.15, 0.2) is 60.7 Å². The Kier molecular flexibility index (Phi) is 6.03. The molecule has 1 aliphatic rings. The zero-order chi connectivity index (χ0) is 21.7. The largest absolute Gasteiger partial charge is 1.00 e. The average Bonchev–Trinajstić information content (AvgIpc) is 3.16. The van der Waals surface area contributed by atoms with Gasteiger partial charge in [0, 0.05) is 28.7 Å². The van der Waals surface area contributed by atoms with Crippen molar-refractivity contribution >= 4 is 28.4 Å². The number of benzene rings is 3. The minimum Gasteiger partial charge on any atom is -0.545 e. The number of anilines is 2. The Balaban J connectivity index is 0.00000245. The van der Waals surface area contributed by atoms with E-state index >= 15 is 0 Å². The molecule has 1 aromatic heterocycles. The third-order valence-corrected chi connectivity index (χ3v) is 5.78. The summed E-state index contributed by atoms with van der Waals surface area (Å²) < 4.78 is 28.4. The first-order valence-corrected chi connectivity index (χ1v) is 9.90. The monoisotopic (exact) mass is 438 g/mol. The number of halogens is 2. The predicted molar refractivity (Wildman–Crippen MR) is 113 cm³/mol. The van der Waals surface area contributed by atoms with Crippen molar-refractivity contribution in [1.82, 2.24) is 4.98 Å². The van der Waals surface area contributed by atoms with Gasteiger partial charge in [-0.15, -0.1) is 0 Å². The fourth-order valence-corrected chi connectivity index (χ4v) is 4.41. The number of carboxylic acid groups (broad SMARTS) is 1. The van der Waals surface area contributed by atoms with E-state index in [1.54, 1.807) is 6.92 Å². The summed E-state index contributed by atoms with van der Waals surface area (Å²) in [5.74, 6) is -1.93. The number of rotatable bonds is 3. The summed E-state index contributed by atoms with van der Waals surface area (Å²) in [6.07, 6.45) is 0.656. The smallest absolute Gasteiger partial charge is 0.545 e. The number of aromatic nitrogens is 1. The second-order valence-corrected chi connectivity index (χ2v) is 7.60. The molecule has 32 heavy (non-hydrogen) atoms. The van der Waals surface area contributed by atoms with E-state index in [1.165, 1.54) is 24.3 Å². The first kappa shape index (κ1) is 22.4. The molecule has 0 unspecified atom stereocenters. The van der Waals surface area contributed by atoms with E-state index in [9.17, 15) is 18.7 Å². The molecule has 0 atom stereocenters. The minimum absolute atomic E-state index is 0. The molecule has 0 spiro atoms. The van der Waals surface area contributed by atoms with Crippen LogP contribution in [-0.2, 0) is 6.42 Å². The molecule has 0 fully saturated rings. The molecule has 4 nitrogen and oxygen atoms in total. The standard InChI is InChI=1S/C25H18F2N2O2.Na/c1-14-23(25(30)31)20-11-16(26)7-8-21(20)28-24(14)29-10-9-18-19(12-17(27)13-22(18)29)15-5-3-2-4-6-15;/h2-8,11-13H,9-10H2,1H3,(H,30,31);/q;+1/p-1. The molecule has 0 N–H and O–H groups in total. The van der Waals surface area contributed by atoms with E-state index in [0.29, 0.717) is 35.6 Å². The van der Waals surface area contributed by atoms with E-state index in [0.717, 1.165) is 22.8 Å². The van der Waals surface area contributed by atoms with Crippen molar-refractivity contribution in [2.24, 2.45) is 0 Å². The molecule has 1 aliphatic heterocycles. The molecular formula is C25H17F2N2NaO2. The molecule has 4 aromatic rings. The SMILES string of the molecule is Cc1c(N2CCc3c(-c4ccccc4)cc(F)cc32)nc2ccc(F)cc2c1C(=O)[O-].[Na+]. The zero-order valence-electron chi connectivity index (χ0n) is 17.7. The molecule has 0 bridgehead atoms. The Morgan fingerprint density at radius 2 is 1.78 bits per heavy atom. The maximum atomic E-state index is 14.6. The molecule has 2 heterocycles.